The first-order chi connectivity index (χ1) is 9.06. The molecule has 0 unspecified atom stereocenters. The normalized spacial score (nSPS) is 10.3. The van der Waals surface area contributed by atoms with Crippen molar-refractivity contribution < 1.29 is 8.81 Å². The molecule has 1 aromatic heterocycles. The van der Waals surface area contributed by atoms with Crippen molar-refractivity contribution in [3.8, 4) is 11.5 Å². The van der Waals surface area contributed by atoms with E-state index in [4.69, 9.17) is 4.42 Å². The highest BCUT2D eigenvalue weighted by molar-refractivity contribution is 5.67. The van der Waals surface area contributed by atoms with Gasteiger partial charge in [0.25, 0.3) is 0 Å². The molecule has 0 atom stereocenters. The van der Waals surface area contributed by atoms with Crippen LogP contribution in [-0.4, -0.2) is 26.1 Å². The molecule has 0 aliphatic rings. The maximum Gasteiger partial charge on any atom is 0.231 e. The zero-order valence-electron chi connectivity index (χ0n) is 11.2. The lowest BCUT2D eigenvalue weighted by atomic mass is 10.2. The second-order valence-corrected chi connectivity index (χ2v) is 4.24. The molecular weight excluding hydrogens is 245 g/mol. The summed E-state index contributed by atoms with van der Waals surface area (Å²) < 4.78 is 19.4. The monoisotopic (exact) mass is 261 g/mol. The Morgan fingerprint density at radius 3 is 2.68 bits per heavy atom. The third-order valence-corrected chi connectivity index (χ3v) is 2.77. The zero-order chi connectivity index (χ0) is 14.0. The number of benzene rings is 1. The van der Waals surface area contributed by atoms with Gasteiger partial charge in [-0.1, -0.05) is 6.58 Å². The van der Waals surface area contributed by atoms with Crippen molar-refractivity contribution in [1.29, 1.82) is 0 Å². The highest BCUT2D eigenvalue weighted by atomic mass is 19.1. The average molecular weight is 261 g/mol. The lowest BCUT2D eigenvalue weighted by molar-refractivity contribution is 0.554. The highest BCUT2D eigenvalue weighted by Crippen LogP contribution is 2.30. The average Bonchev–Trinajstić information content (AvgIpc) is 2.82. The van der Waals surface area contributed by atoms with Crippen LogP contribution in [0.2, 0.25) is 0 Å². The van der Waals surface area contributed by atoms with Gasteiger partial charge >= 0.3 is 0 Å². The van der Waals surface area contributed by atoms with Gasteiger partial charge in [-0.25, -0.2) is 4.39 Å². The molecule has 1 heterocycles. The Hall–Kier alpha value is -2.30. The van der Waals surface area contributed by atoms with Crippen molar-refractivity contribution in [3.63, 3.8) is 0 Å². The largest absolute Gasteiger partial charge is 0.434 e. The Balaban J connectivity index is 2.54. The summed E-state index contributed by atoms with van der Waals surface area (Å²) in [7, 11) is 5.50. The molecule has 2 rings (SSSR count). The van der Waals surface area contributed by atoms with Crippen molar-refractivity contribution in [2.24, 2.45) is 0 Å². The number of hydrogen-bond acceptors (Lipinski definition) is 4. The molecular formula is C14H16FN3O. The van der Waals surface area contributed by atoms with Crippen LogP contribution in [0.25, 0.3) is 17.5 Å². The van der Waals surface area contributed by atoms with E-state index in [2.05, 4.69) is 16.9 Å². The molecule has 0 saturated heterocycles. The lowest BCUT2D eigenvalue weighted by Crippen LogP contribution is -2.08. The first kappa shape index (κ1) is 13.1. The third-order valence-electron chi connectivity index (χ3n) is 2.77. The maximum atomic E-state index is 13.9. The van der Waals surface area contributed by atoms with E-state index in [-0.39, 0.29) is 11.7 Å². The van der Waals surface area contributed by atoms with Crippen LogP contribution in [-0.2, 0) is 0 Å². The van der Waals surface area contributed by atoms with Crippen molar-refractivity contribution in [1.82, 2.24) is 4.98 Å². The number of hydrogen-bond donors (Lipinski definition) is 1. The molecule has 19 heavy (non-hydrogen) atoms. The molecule has 0 amide bonds. The minimum Gasteiger partial charge on any atom is -0.434 e. The van der Waals surface area contributed by atoms with E-state index in [0.717, 1.165) is 5.69 Å². The second-order valence-electron chi connectivity index (χ2n) is 4.24. The minimum absolute atomic E-state index is 0.237. The van der Waals surface area contributed by atoms with Gasteiger partial charge in [-0.15, -0.1) is 0 Å². The van der Waals surface area contributed by atoms with Crippen LogP contribution in [0.15, 0.2) is 29.2 Å². The van der Waals surface area contributed by atoms with E-state index < -0.39 is 0 Å². The molecule has 5 heteroatoms. The first-order valence-corrected chi connectivity index (χ1v) is 5.85. The Labute approximate surface area is 111 Å². The van der Waals surface area contributed by atoms with E-state index in [0.29, 0.717) is 17.1 Å². The number of rotatable bonds is 4. The Morgan fingerprint density at radius 2 is 2.16 bits per heavy atom. The van der Waals surface area contributed by atoms with Gasteiger partial charge in [0.2, 0.25) is 5.89 Å². The van der Waals surface area contributed by atoms with Gasteiger partial charge in [0.05, 0.1) is 5.56 Å². The Kier molecular flexibility index (Phi) is 3.55. The summed E-state index contributed by atoms with van der Waals surface area (Å²) in [6, 6.07) is 4.81. The quantitative estimate of drug-likeness (QED) is 0.917. The summed E-state index contributed by atoms with van der Waals surface area (Å²) in [5, 5.41) is 2.88. The van der Waals surface area contributed by atoms with E-state index in [1.807, 2.05) is 19.0 Å². The number of halogens is 1. The molecule has 0 bridgehead atoms. The maximum absolute atomic E-state index is 13.9. The number of anilines is 2. The number of nitrogens with zero attached hydrogens (tertiary/aromatic N) is 2. The van der Waals surface area contributed by atoms with E-state index in [1.54, 1.807) is 19.2 Å². The van der Waals surface area contributed by atoms with Crippen molar-refractivity contribution in [2.45, 2.75) is 0 Å². The molecule has 0 radical (unpaired) electrons. The standard InChI is InChI=1S/C14H16FN3O/c1-5-12-13(16-2)17-14(19-12)10-8-9(18(3)4)6-7-11(10)15/h5-8,16H,1H2,2-4H3. The molecule has 0 spiro atoms. The van der Waals surface area contributed by atoms with Crippen LogP contribution in [0.4, 0.5) is 15.9 Å². The molecule has 0 fully saturated rings. The van der Waals surface area contributed by atoms with Gasteiger partial charge in [-0.3, -0.25) is 0 Å². The smallest absolute Gasteiger partial charge is 0.231 e. The number of oxazole rings is 1. The summed E-state index contributed by atoms with van der Waals surface area (Å²) in [6.45, 7) is 3.64. The van der Waals surface area contributed by atoms with Crippen molar-refractivity contribution in [3.05, 3.63) is 36.4 Å². The SMILES string of the molecule is C=Cc1oc(-c2cc(N(C)C)ccc2F)nc1NC. The first-order valence-electron chi connectivity index (χ1n) is 5.85. The van der Waals surface area contributed by atoms with Crippen LogP contribution in [0.1, 0.15) is 5.76 Å². The van der Waals surface area contributed by atoms with Crippen molar-refractivity contribution >= 4 is 17.6 Å². The summed E-state index contributed by atoms with van der Waals surface area (Å²) >= 11 is 0. The fraction of sp³-hybridized carbons (Fsp3) is 0.214. The lowest BCUT2D eigenvalue weighted by Gasteiger charge is -2.13. The molecule has 4 nitrogen and oxygen atoms in total. The van der Waals surface area contributed by atoms with Gasteiger partial charge < -0.3 is 14.6 Å². The molecule has 2 aromatic rings. The minimum atomic E-state index is -0.370. The van der Waals surface area contributed by atoms with Gasteiger partial charge in [-0.2, -0.15) is 4.98 Å². The van der Waals surface area contributed by atoms with Crippen LogP contribution >= 0.6 is 0 Å². The van der Waals surface area contributed by atoms with Crippen molar-refractivity contribution in [2.75, 3.05) is 31.4 Å². The fourth-order valence-electron chi connectivity index (χ4n) is 1.72. The Bertz CT molecular complexity index is 605. The van der Waals surface area contributed by atoms with E-state index in [1.165, 1.54) is 12.1 Å². The predicted octanol–water partition coefficient (Wildman–Crippen LogP) is 3.23. The topological polar surface area (TPSA) is 41.3 Å². The summed E-state index contributed by atoms with van der Waals surface area (Å²) in [5.41, 5.74) is 1.21. The highest BCUT2D eigenvalue weighted by Gasteiger charge is 2.16. The Morgan fingerprint density at radius 1 is 1.42 bits per heavy atom. The number of aromatic nitrogens is 1. The molecule has 1 N–H and O–H groups in total. The molecule has 100 valence electrons. The summed E-state index contributed by atoms with van der Waals surface area (Å²) in [5.74, 6) is 0.900. The second kappa shape index (κ2) is 5.14. The number of nitrogens with one attached hydrogen (secondary N) is 1. The van der Waals surface area contributed by atoms with Gasteiger partial charge in [0.1, 0.15) is 5.82 Å². The fourth-order valence-corrected chi connectivity index (χ4v) is 1.72. The zero-order valence-corrected chi connectivity index (χ0v) is 11.2. The molecule has 0 aliphatic carbocycles. The van der Waals surface area contributed by atoms with Gasteiger partial charge in [0, 0.05) is 26.8 Å². The molecule has 1 aromatic carbocycles. The molecule has 0 aliphatic heterocycles. The predicted molar refractivity (Wildman–Crippen MR) is 75.9 cm³/mol. The van der Waals surface area contributed by atoms with E-state index in [9.17, 15) is 4.39 Å². The molecule has 0 saturated carbocycles. The van der Waals surface area contributed by atoms with Crippen LogP contribution in [0.5, 0.6) is 0 Å². The summed E-state index contributed by atoms with van der Waals surface area (Å²) in [6.07, 6.45) is 1.54. The van der Waals surface area contributed by atoms with Crippen LogP contribution < -0.4 is 10.2 Å². The summed E-state index contributed by atoms with van der Waals surface area (Å²) in [4.78, 5) is 6.11. The third kappa shape index (κ3) is 2.45. The van der Waals surface area contributed by atoms with Gasteiger partial charge in [0.15, 0.2) is 11.6 Å². The van der Waals surface area contributed by atoms with E-state index >= 15 is 0 Å². The van der Waals surface area contributed by atoms with Gasteiger partial charge in [-0.05, 0) is 24.3 Å². The van der Waals surface area contributed by atoms with Crippen LogP contribution in [0.3, 0.4) is 0 Å². The van der Waals surface area contributed by atoms with Crippen LogP contribution in [0, 0.1) is 5.82 Å².